The highest BCUT2D eigenvalue weighted by Gasteiger charge is 2.25. The first-order valence-corrected chi connectivity index (χ1v) is 7.57. The summed E-state index contributed by atoms with van der Waals surface area (Å²) in [5.41, 5.74) is 1.05. The molecule has 0 radical (unpaired) electrons. The molecule has 20 heavy (non-hydrogen) atoms. The molecule has 3 nitrogen and oxygen atoms in total. The van der Waals surface area contributed by atoms with Crippen molar-refractivity contribution in [3.05, 3.63) is 24.0 Å². The van der Waals surface area contributed by atoms with Gasteiger partial charge in [-0.1, -0.05) is 32.5 Å². The lowest BCUT2D eigenvalue weighted by Crippen LogP contribution is -2.16. The predicted molar refractivity (Wildman–Crippen MR) is 84.3 cm³/mol. The fourth-order valence-electron chi connectivity index (χ4n) is 2.16. The molecular weight excluding hydrogens is 275 g/mol. The van der Waals surface area contributed by atoms with Crippen LogP contribution in [0.3, 0.4) is 0 Å². The van der Waals surface area contributed by atoms with Crippen molar-refractivity contribution >= 4 is 22.6 Å². The number of nitrogens with one attached hydrogen (secondary N) is 1. The molecule has 1 unspecified atom stereocenters. The maximum Gasteiger partial charge on any atom is 0.161 e. The van der Waals surface area contributed by atoms with Crippen LogP contribution in [0.1, 0.15) is 27.2 Å². The van der Waals surface area contributed by atoms with Gasteiger partial charge in [0.05, 0.1) is 19.3 Å². The highest BCUT2D eigenvalue weighted by Crippen LogP contribution is 2.34. The number of benzene rings is 1. The van der Waals surface area contributed by atoms with Gasteiger partial charge in [-0.25, -0.2) is 4.39 Å². The number of ether oxygens (including phenoxy) is 1. The van der Waals surface area contributed by atoms with E-state index in [0.29, 0.717) is 16.4 Å². The van der Waals surface area contributed by atoms with E-state index in [9.17, 15) is 4.39 Å². The average Bonchev–Trinajstić information content (AvgIpc) is 2.76. The van der Waals surface area contributed by atoms with Crippen LogP contribution in [0.2, 0.25) is 0 Å². The lowest BCUT2D eigenvalue weighted by molar-refractivity contribution is 0.375. The predicted octanol–water partition coefficient (Wildman–Crippen LogP) is 4.15. The standard InChI is InChI=1S/C15H21FN2OS/c1-15(2,3)8-11-9-17-14(20-11)18-12-6-5-10(16)7-13(12)19-4/h5-7,11H,8-9H2,1-4H3,(H,17,18). The van der Waals surface area contributed by atoms with Crippen LogP contribution in [0.4, 0.5) is 10.1 Å². The molecule has 0 saturated carbocycles. The summed E-state index contributed by atoms with van der Waals surface area (Å²) in [6.45, 7) is 7.54. The fraction of sp³-hybridized carbons (Fsp3) is 0.533. The van der Waals surface area contributed by atoms with Gasteiger partial charge >= 0.3 is 0 Å². The van der Waals surface area contributed by atoms with E-state index < -0.39 is 0 Å². The molecule has 0 amide bonds. The first-order valence-electron chi connectivity index (χ1n) is 6.69. The second-order valence-corrected chi connectivity index (χ2v) is 7.41. The van der Waals surface area contributed by atoms with Gasteiger partial charge in [0.2, 0.25) is 0 Å². The zero-order valence-electron chi connectivity index (χ0n) is 12.4. The van der Waals surface area contributed by atoms with E-state index in [1.807, 2.05) is 0 Å². The van der Waals surface area contributed by atoms with E-state index in [1.165, 1.54) is 19.2 Å². The minimum absolute atomic E-state index is 0.302. The van der Waals surface area contributed by atoms with E-state index in [0.717, 1.165) is 23.8 Å². The highest BCUT2D eigenvalue weighted by molar-refractivity contribution is 8.15. The lowest BCUT2D eigenvalue weighted by atomic mass is 9.90. The molecule has 0 aliphatic carbocycles. The molecule has 2 rings (SSSR count). The highest BCUT2D eigenvalue weighted by atomic mass is 32.2. The van der Waals surface area contributed by atoms with Crippen molar-refractivity contribution < 1.29 is 9.13 Å². The molecule has 1 aromatic carbocycles. The van der Waals surface area contributed by atoms with E-state index in [4.69, 9.17) is 4.74 Å². The van der Waals surface area contributed by atoms with Crippen LogP contribution in [0, 0.1) is 11.2 Å². The maximum atomic E-state index is 13.2. The number of halogens is 1. The fourth-order valence-corrected chi connectivity index (χ4v) is 3.52. The first-order chi connectivity index (χ1) is 9.37. The maximum absolute atomic E-state index is 13.2. The molecule has 5 heteroatoms. The van der Waals surface area contributed by atoms with Crippen LogP contribution < -0.4 is 10.1 Å². The SMILES string of the molecule is COc1cc(F)ccc1NC1=NCC(CC(C)(C)C)S1. The quantitative estimate of drug-likeness (QED) is 0.909. The molecule has 0 bridgehead atoms. The Bertz CT molecular complexity index is 511. The largest absolute Gasteiger partial charge is 0.494 e. The summed E-state index contributed by atoms with van der Waals surface area (Å²) in [6, 6.07) is 4.46. The van der Waals surface area contributed by atoms with Crippen molar-refractivity contribution in [1.82, 2.24) is 0 Å². The molecule has 110 valence electrons. The van der Waals surface area contributed by atoms with E-state index >= 15 is 0 Å². The second-order valence-electron chi connectivity index (χ2n) is 6.12. The van der Waals surface area contributed by atoms with Crippen molar-refractivity contribution in [3.63, 3.8) is 0 Å². The molecule has 1 aliphatic heterocycles. The molecule has 0 aromatic heterocycles. The van der Waals surface area contributed by atoms with Crippen molar-refractivity contribution in [1.29, 1.82) is 0 Å². The van der Waals surface area contributed by atoms with Crippen molar-refractivity contribution in [3.8, 4) is 5.75 Å². The van der Waals surface area contributed by atoms with Crippen LogP contribution in [0.15, 0.2) is 23.2 Å². The Morgan fingerprint density at radius 3 is 2.85 bits per heavy atom. The number of hydrogen-bond donors (Lipinski definition) is 1. The third-order valence-corrected chi connectivity index (χ3v) is 4.07. The molecule has 1 atom stereocenters. The summed E-state index contributed by atoms with van der Waals surface area (Å²) < 4.78 is 18.3. The number of amidine groups is 1. The summed E-state index contributed by atoms with van der Waals surface area (Å²) in [5.74, 6) is 0.187. The smallest absolute Gasteiger partial charge is 0.161 e. The van der Waals surface area contributed by atoms with Gasteiger partial charge in [-0.15, -0.1) is 0 Å². The van der Waals surface area contributed by atoms with Crippen LogP contribution in [0.5, 0.6) is 5.75 Å². The number of rotatable bonds is 3. The van der Waals surface area contributed by atoms with E-state index in [-0.39, 0.29) is 5.82 Å². The van der Waals surface area contributed by atoms with Gasteiger partial charge in [0.15, 0.2) is 5.17 Å². The topological polar surface area (TPSA) is 33.6 Å². The van der Waals surface area contributed by atoms with Crippen molar-refractivity contribution in [2.75, 3.05) is 19.0 Å². The van der Waals surface area contributed by atoms with E-state index in [2.05, 4.69) is 31.1 Å². The second kappa shape index (κ2) is 6.04. The first kappa shape index (κ1) is 15.2. The summed E-state index contributed by atoms with van der Waals surface area (Å²) in [6.07, 6.45) is 1.12. The Hall–Kier alpha value is -1.23. The Morgan fingerprint density at radius 1 is 1.45 bits per heavy atom. The van der Waals surface area contributed by atoms with Gasteiger partial charge in [0.1, 0.15) is 11.6 Å². The number of methoxy groups -OCH3 is 1. The number of hydrogen-bond acceptors (Lipinski definition) is 4. The van der Waals surface area contributed by atoms with Gasteiger partial charge in [0, 0.05) is 11.3 Å². The van der Waals surface area contributed by atoms with Gasteiger partial charge in [0.25, 0.3) is 0 Å². The van der Waals surface area contributed by atoms with Gasteiger partial charge in [-0.05, 0) is 24.0 Å². The third-order valence-electron chi connectivity index (χ3n) is 2.96. The minimum Gasteiger partial charge on any atom is -0.494 e. The number of aliphatic imine (C=N–C) groups is 1. The summed E-state index contributed by atoms with van der Waals surface area (Å²) >= 11 is 1.75. The molecule has 0 saturated heterocycles. The number of anilines is 1. The molecule has 1 aromatic rings. The zero-order valence-corrected chi connectivity index (χ0v) is 13.2. The Morgan fingerprint density at radius 2 is 2.20 bits per heavy atom. The van der Waals surface area contributed by atoms with Crippen LogP contribution in [-0.4, -0.2) is 24.1 Å². The Labute approximate surface area is 124 Å². The summed E-state index contributed by atoms with van der Waals surface area (Å²) in [7, 11) is 1.53. The van der Waals surface area contributed by atoms with Crippen molar-refractivity contribution in [2.45, 2.75) is 32.4 Å². The average molecular weight is 296 g/mol. The number of thioether (sulfide) groups is 1. The normalized spacial score (nSPS) is 18.9. The van der Waals surface area contributed by atoms with Crippen LogP contribution in [-0.2, 0) is 0 Å². The Kier molecular flexibility index (Phi) is 4.58. The van der Waals surface area contributed by atoms with Crippen molar-refractivity contribution in [2.24, 2.45) is 10.4 Å². The van der Waals surface area contributed by atoms with Gasteiger partial charge in [-0.2, -0.15) is 0 Å². The molecule has 1 aliphatic rings. The molecule has 0 fully saturated rings. The third kappa shape index (κ3) is 4.13. The summed E-state index contributed by atoms with van der Waals surface area (Å²) in [4.78, 5) is 4.51. The zero-order chi connectivity index (χ0) is 14.8. The molecular formula is C15H21FN2OS. The van der Waals surface area contributed by atoms with Crippen LogP contribution >= 0.6 is 11.8 Å². The molecule has 1 N–H and O–H groups in total. The number of nitrogens with zero attached hydrogens (tertiary/aromatic N) is 1. The van der Waals surface area contributed by atoms with Gasteiger partial charge < -0.3 is 10.1 Å². The van der Waals surface area contributed by atoms with Gasteiger partial charge in [-0.3, -0.25) is 4.99 Å². The Balaban J connectivity index is 1.99. The monoisotopic (exact) mass is 296 g/mol. The summed E-state index contributed by atoms with van der Waals surface area (Å²) in [5, 5.41) is 4.61. The molecule has 0 spiro atoms. The van der Waals surface area contributed by atoms with Crippen LogP contribution in [0.25, 0.3) is 0 Å². The minimum atomic E-state index is -0.306. The van der Waals surface area contributed by atoms with E-state index in [1.54, 1.807) is 17.8 Å². The molecule has 1 heterocycles. The lowest BCUT2D eigenvalue weighted by Gasteiger charge is -2.21.